The van der Waals surface area contributed by atoms with Gasteiger partial charge in [0.15, 0.2) is 0 Å². The van der Waals surface area contributed by atoms with Crippen LogP contribution in [0.15, 0.2) is 11.4 Å². The summed E-state index contributed by atoms with van der Waals surface area (Å²) in [6, 6.07) is 1.58. The zero-order valence-corrected chi connectivity index (χ0v) is 9.55. The van der Waals surface area contributed by atoms with Crippen LogP contribution in [0.5, 0.6) is 0 Å². The average Bonchev–Trinajstić information content (AvgIpc) is 2.66. The molecule has 0 spiro atoms. The molecule has 4 N–H and O–H groups in total. The molecule has 0 fully saturated rings. The molecule has 0 aliphatic carbocycles. The van der Waals surface area contributed by atoms with Crippen molar-refractivity contribution in [1.82, 2.24) is 0 Å². The zero-order valence-electron chi connectivity index (χ0n) is 8.73. The van der Waals surface area contributed by atoms with Crippen LogP contribution < -0.4 is 11.1 Å². The lowest BCUT2D eigenvalue weighted by Crippen LogP contribution is -2.16. The van der Waals surface area contributed by atoms with Gasteiger partial charge in [-0.1, -0.05) is 0 Å². The molecule has 0 saturated heterocycles. The van der Waals surface area contributed by atoms with E-state index < -0.39 is 5.91 Å². The second-order valence-electron chi connectivity index (χ2n) is 3.26. The average molecular weight is 242 g/mol. The summed E-state index contributed by atoms with van der Waals surface area (Å²) in [6.45, 7) is 0.0822. The molecule has 1 aromatic rings. The highest BCUT2D eigenvalue weighted by Gasteiger charge is 2.11. The Balaban J connectivity index is 2.49. The summed E-state index contributed by atoms with van der Waals surface area (Å²) in [4.78, 5) is 22.4. The largest absolute Gasteiger partial charge is 0.396 e. The van der Waals surface area contributed by atoms with Gasteiger partial charge in [-0.3, -0.25) is 9.59 Å². The first kappa shape index (κ1) is 12.7. The van der Waals surface area contributed by atoms with E-state index >= 15 is 0 Å². The van der Waals surface area contributed by atoms with Crippen LogP contribution in [-0.2, 0) is 4.79 Å². The Bertz CT molecular complexity index is 376. The van der Waals surface area contributed by atoms with Gasteiger partial charge in [0.25, 0.3) is 5.91 Å². The molecular formula is C10H14N2O3S. The van der Waals surface area contributed by atoms with Gasteiger partial charge < -0.3 is 16.2 Å². The van der Waals surface area contributed by atoms with Crippen LogP contribution in [0.1, 0.15) is 29.6 Å². The number of aliphatic hydroxyl groups excluding tert-OH is 1. The molecule has 5 nitrogen and oxygen atoms in total. The lowest BCUT2D eigenvalue weighted by atomic mass is 10.2. The molecule has 0 aromatic carbocycles. The molecule has 0 saturated carbocycles. The van der Waals surface area contributed by atoms with Crippen LogP contribution >= 0.6 is 11.3 Å². The molecular weight excluding hydrogens is 228 g/mol. The van der Waals surface area contributed by atoms with Crippen molar-refractivity contribution in [3.05, 3.63) is 17.0 Å². The maximum absolute atomic E-state index is 11.4. The van der Waals surface area contributed by atoms with Crippen LogP contribution in [-0.4, -0.2) is 23.5 Å². The van der Waals surface area contributed by atoms with Crippen LogP contribution in [0.3, 0.4) is 0 Å². The molecule has 0 bridgehead atoms. The number of primary amides is 1. The summed E-state index contributed by atoms with van der Waals surface area (Å²) in [7, 11) is 0. The molecule has 6 heteroatoms. The molecule has 0 aliphatic rings. The summed E-state index contributed by atoms with van der Waals surface area (Å²) in [6.07, 6.45) is 1.55. The van der Waals surface area contributed by atoms with Crippen LogP contribution in [0.4, 0.5) is 5.00 Å². The first-order valence-corrected chi connectivity index (χ1v) is 5.81. The molecule has 0 radical (unpaired) electrons. The van der Waals surface area contributed by atoms with Gasteiger partial charge in [0.1, 0.15) is 5.00 Å². The molecule has 1 rings (SSSR count). The van der Waals surface area contributed by atoms with E-state index in [1.165, 1.54) is 11.3 Å². The van der Waals surface area contributed by atoms with Gasteiger partial charge in [0.2, 0.25) is 5.91 Å². The molecule has 16 heavy (non-hydrogen) atoms. The Morgan fingerprint density at radius 1 is 1.44 bits per heavy atom. The first-order valence-electron chi connectivity index (χ1n) is 4.93. The van der Waals surface area contributed by atoms with Crippen LogP contribution in [0.25, 0.3) is 0 Å². The predicted octanol–water partition coefficient (Wildman–Crippen LogP) is 0.948. The quantitative estimate of drug-likeness (QED) is 0.648. The van der Waals surface area contributed by atoms with Gasteiger partial charge in [0.05, 0.1) is 5.56 Å². The summed E-state index contributed by atoms with van der Waals surface area (Å²) in [5.41, 5.74) is 5.47. The van der Waals surface area contributed by atoms with Crippen molar-refractivity contribution in [1.29, 1.82) is 0 Å². The fourth-order valence-electron chi connectivity index (χ4n) is 1.19. The fourth-order valence-corrected chi connectivity index (χ4v) is 2.00. The van der Waals surface area contributed by atoms with Crippen molar-refractivity contribution >= 4 is 28.2 Å². The van der Waals surface area contributed by atoms with E-state index in [0.29, 0.717) is 29.8 Å². The summed E-state index contributed by atoms with van der Waals surface area (Å²) >= 11 is 1.26. The van der Waals surface area contributed by atoms with Crippen molar-refractivity contribution < 1.29 is 14.7 Å². The number of unbranched alkanes of at least 4 members (excludes halogenated alkanes) is 1. The highest BCUT2D eigenvalue weighted by atomic mass is 32.1. The van der Waals surface area contributed by atoms with Gasteiger partial charge in [-0.15, -0.1) is 11.3 Å². The molecule has 1 aromatic heterocycles. The zero-order chi connectivity index (χ0) is 12.0. The number of carbonyl (C=O) groups is 2. The number of aliphatic hydroxyl groups is 1. The fraction of sp³-hybridized carbons (Fsp3) is 0.400. The number of rotatable bonds is 6. The molecule has 0 atom stereocenters. The third-order valence-electron chi connectivity index (χ3n) is 2.00. The van der Waals surface area contributed by atoms with Crippen molar-refractivity contribution in [3.63, 3.8) is 0 Å². The number of nitrogens with two attached hydrogens (primary N) is 1. The topological polar surface area (TPSA) is 92.4 Å². The van der Waals surface area contributed by atoms with E-state index in [0.717, 1.165) is 0 Å². The van der Waals surface area contributed by atoms with Gasteiger partial charge in [-0.25, -0.2) is 0 Å². The Hall–Kier alpha value is -1.40. The minimum atomic E-state index is -0.549. The number of thiophene rings is 1. The number of nitrogens with one attached hydrogen (secondary N) is 1. The Morgan fingerprint density at radius 2 is 2.19 bits per heavy atom. The van der Waals surface area contributed by atoms with E-state index in [2.05, 4.69) is 5.32 Å². The molecule has 88 valence electrons. The molecule has 0 unspecified atom stereocenters. The maximum atomic E-state index is 11.4. The van der Waals surface area contributed by atoms with E-state index in [-0.39, 0.29) is 12.5 Å². The lowest BCUT2D eigenvalue weighted by molar-refractivity contribution is -0.116. The predicted molar refractivity (Wildman–Crippen MR) is 62.4 cm³/mol. The Labute approximate surface area is 97.3 Å². The first-order chi connectivity index (χ1) is 7.65. The highest BCUT2D eigenvalue weighted by molar-refractivity contribution is 7.14. The van der Waals surface area contributed by atoms with Gasteiger partial charge in [-0.2, -0.15) is 0 Å². The lowest BCUT2D eigenvalue weighted by Gasteiger charge is -2.03. The smallest absolute Gasteiger partial charge is 0.251 e. The standard InChI is InChI=1S/C10H14N2O3S/c11-9(15)7-4-6-16-10(7)12-8(14)3-1-2-5-13/h4,6,13H,1-3,5H2,(H2,11,15)(H,12,14). The third kappa shape index (κ3) is 3.63. The number of carbonyl (C=O) groups excluding carboxylic acids is 2. The monoisotopic (exact) mass is 242 g/mol. The van der Waals surface area contributed by atoms with Gasteiger partial charge in [-0.05, 0) is 24.3 Å². The number of anilines is 1. The third-order valence-corrected chi connectivity index (χ3v) is 2.83. The van der Waals surface area contributed by atoms with Crippen molar-refractivity contribution in [2.75, 3.05) is 11.9 Å². The van der Waals surface area contributed by atoms with Crippen LogP contribution in [0.2, 0.25) is 0 Å². The van der Waals surface area contributed by atoms with E-state index in [4.69, 9.17) is 10.8 Å². The number of hydrogen-bond acceptors (Lipinski definition) is 4. The van der Waals surface area contributed by atoms with E-state index in [1.54, 1.807) is 11.4 Å². The summed E-state index contributed by atoms with van der Waals surface area (Å²) < 4.78 is 0. The minimum absolute atomic E-state index is 0.0822. The molecule has 0 aliphatic heterocycles. The van der Waals surface area contributed by atoms with Crippen molar-refractivity contribution in [2.45, 2.75) is 19.3 Å². The summed E-state index contributed by atoms with van der Waals surface area (Å²) in [5, 5.41) is 13.4. The number of hydrogen-bond donors (Lipinski definition) is 3. The van der Waals surface area contributed by atoms with E-state index in [9.17, 15) is 9.59 Å². The highest BCUT2D eigenvalue weighted by Crippen LogP contribution is 2.22. The second-order valence-corrected chi connectivity index (χ2v) is 4.17. The Morgan fingerprint density at radius 3 is 2.81 bits per heavy atom. The van der Waals surface area contributed by atoms with Crippen molar-refractivity contribution in [2.24, 2.45) is 5.73 Å². The molecule has 2 amide bonds. The minimum Gasteiger partial charge on any atom is -0.396 e. The SMILES string of the molecule is NC(=O)c1ccsc1NC(=O)CCCCO. The molecule has 1 heterocycles. The maximum Gasteiger partial charge on any atom is 0.251 e. The van der Waals surface area contributed by atoms with Gasteiger partial charge >= 0.3 is 0 Å². The Kier molecular flexibility index (Phi) is 4.94. The van der Waals surface area contributed by atoms with E-state index in [1.807, 2.05) is 0 Å². The van der Waals surface area contributed by atoms with Crippen molar-refractivity contribution in [3.8, 4) is 0 Å². The second kappa shape index (κ2) is 6.24. The summed E-state index contributed by atoms with van der Waals surface area (Å²) in [5.74, 6) is -0.717. The van der Waals surface area contributed by atoms with Crippen LogP contribution in [0, 0.1) is 0 Å². The van der Waals surface area contributed by atoms with Gasteiger partial charge in [0, 0.05) is 13.0 Å². The number of amides is 2. The normalized spacial score (nSPS) is 10.1.